The van der Waals surface area contributed by atoms with Crippen LogP contribution in [-0.4, -0.2) is 39.0 Å². The number of amides is 1. The van der Waals surface area contributed by atoms with Crippen molar-refractivity contribution in [1.82, 2.24) is 14.8 Å². The molecule has 0 bridgehead atoms. The monoisotopic (exact) mass is 470 g/mol. The van der Waals surface area contributed by atoms with Crippen LogP contribution in [0, 0.1) is 0 Å². The summed E-state index contributed by atoms with van der Waals surface area (Å²) < 4.78 is 7.20. The van der Waals surface area contributed by atoms with E-state index in [2.05, 4.69) is 22.1 Å². The lowest BCUT2D eigenvalue weighted by Crippen LogP contribution is -2.17. The highest BCUT2D eigenvalue weighted by Crippen LogP contribution is 2.36. The van der Waals surface area contributed by atoms with E-state index in [1.54, 1.807) is 13.0 Å². The van der Waals surface area contributed by atoms with Gasteiger partial charge in [-0.3, -0.25) is 4.79 Å². The standard InChI is InChI=1S/C23H26N4O3S2/c1-5-12-27-20(15(3)4)25-26-23(27)32-14-18(28)24-21-19(22(29)30-6-2)17(13-31-21)16-10-8-7-9-11-16/h5,7-11,13,15H,1,6,12,14H2,2-4H3,(H,24,28). The second kappa shape index (κ2) is 11.1. The molecule has 1 N–H and O–H groups in total. The minimum absolute atomic E-state index is 0.133. The predicted octanol–water partition coefficient (Wildman–Crippen LogP) is 5.22. The van der Waals surface area contributed by atoms with Gasteiger partial charge in [0.2, 0.25) is 5.91 Å². The Kier molecular flexibility index (Phi) is 8.24. The van der Waals surface area contributed by atoms with E-state index in [1.165, 1.54) is 23.1 Å². The zero-order valence-electron chi connectivity index (χ0n) is 18.3. The van der Waals surface area contributed by atoms with Gasteiger partial charge >= 0.3 is 5.97 Å². The molecule has 0 aliphatic heterocycles. The average molecular weight is 471 g/mol. The zero-order chi connectivity index (χ0) is 23.1. The van der Waals surface area contributed by atoms with E-state index in [1.807, 2.05) is 54.1 Å². The number of rotatable bonds is 10. The van der Waals surface area contributed by atoms with Crippen LogP contribution >= 0.6 is 23.1 Å². The summed E-state index contributed by atoms with van der Waals surface area (Å²) in [6.07, 6.45) is 1.78. The Morgan fingerprint density at radius 2 is 2.03 bits per heavy atom. The third-order valence-electron chi connectivity index (χ3n) is 4.51. The number of esters is 1. The smallest absolute Gasteiger partial charge is 0.341 e. The number of carbonyl (C=O) groups is 2. The maximum atomic E-state index is 12.7. The molecule has 0 spiro atoms. The van der Waals surface area contributed by atoms with E-state index < -0.39 is 5.97 Å². The lowest BCUT2D eigenvalue weighted by molar-refractivity contribution is -0.113. The van der Waals surface area contributed by atoms with Crippen LogP contribution in [-0.2, 0) is 16.1 Å². The van der Waals surface area contributed by atoms with Crippen LogP contribution in [0.1, 0.15) is 42.9 Å². The van der Waals surface area contributed by atoms with E-state index in [9.17, 15) is 9.59 Å². The number of thiophene rings is 1. The van der Waals surface area contributed by atoms with Crippen LogP contribution in [0.3, 0.4) is 0 Å². The highest BCUT2D eigenvalue weighted by Gasteiger charge is 2.23. The van der Waals surface area contributed by atoms with Gasteiger partial charge in [0.25, 0.3) is 0 Å². The first-order valence-corrected chi connectivity index (χ1v) is 12.1. The first kappa shape index (κ1) is 23.7. The SMILES string of the molecule is C=CCn1c(SCC(=O)Nc2scc(-c3ccccc3)c2C(=O)OCC)nnc1C(C)C. The van der Waals surface area contributed by atoms with Crippen LogP contribution in [0.4, 0.5) is 5.00 Å². The Balaban J connectivity index is 1.78. The molecule has 0 saturated heterocycles. The van der Waals surface area contributed by atoms with Crippen LogP contribution in [0.2, 0.25) is 0 Å². The molecule has 9 heteroatoms. The van der Waals surface area contributed by atoms with Gasteiger partial charge in [-0.2, -0.15) is 0 Å². The van der Waals surface area contributed by atoms with Gasteiger partial charge in [0.15, 0.2) is 5.16 Å². The third kappa shape index (κ3) is 5.46. The number of allylic oxidation sites excluding steroid dienone is 1. The number of thioether (sulfide) groups is 1. The fourth-order valence-corrected chi connectivity index (χ4v) is 4.84. The minimum atomic E-state index is -0.456. The van der Waals surface area contributed by atoms with Gasteiger partial charge in [-0.25, -0.2) is 4.79 Å². The van der Waals surface area contributed by atoms with Crippen LogP contribution in [0.25, 0.3) is 11.1 Å². The topological polar surface area (TPSA) is 86.1 Å². The molecule has 0 aliphatic carbocycles. The summed E-state index contributed by atoms with van der Waals surface area (Å²) in [4.78, 5) is 25.4. The molecule has 3 rings (SSSR count). The van der Waals surface area contributed by atoms with Gasteiger partial charge in [-0.1, -0.05) is 62.0 Å². The molecule has 0 fully saturated rings. The minimum Gasteiger partial charge on any atom is -0.462 e. The highest BCUT2D eigenvalue weighted by molar-refractivity contribution is 7.99. The van der Waals surface area contributed by atoms with Gasteiger partial charge in [-0.15, -0.1) is 28.1 Å². The first-order chi connectivity index (χ1) is 15.5. The van der Waals surface area contributed by atoms with Gasteiger partial charge in [0.1, 0.15) is 16.4 Å². The summed E-state index contributed by atoms with van der Waals surface area (Å²) in [5.41, 5.74) is 2.00. The molecule has 0 aliphatic rings. The second-order valence-electron chi connectivity index (χ2n) is 7.17. The normalized spacial score (nSPS) is 10.9. The fourth-order valence-electron chi connectivity index (χ4n) is 3.11. The number of hydrogen-bond donors (Lipinski definition) is 1. The van der Waals surface area contributed by atoms with E-state index >= 15 is 0 Å². The van der Waals surface area contributed by atoms with Crippen molar-refractivity contribution in [3.05, 3.63) is 59.8 Å². The molecule has 2 aromatic heterocycles. The van der Waals surface area contributed by atoms with Gasteiger partial charge in [-0.05, 0) is 12.5 Å². The Morgan fingerprint density at radius 1 is 1.28 bits per heavy atom. The maximum Gasteiger partial charge on any atom is 0.341 e. The van der Waals surface area contributed by atoms with Crippen molar-refractivity contribution < 1.29 is 14.3 Å². The van der Waals surface area contributed by atoms with E-state index in [0.717, 1.165) is 17.0 Å². The number of ether oxygens (including phenoxy) is 1. The third-order valence-corrected chi connectivity index (χ3v) is 6.38. The molecule has 0 unspecified atom stereocenters. The molecule has 1 aromatic carbocycles. The lowest BCUT2D eigenvalue weighted by atomic mass is 10.0. The molecular formula is C23H26N4O3S2. The summed E-state index contributed by atoms with van der Waals surface area (Å²) in [7, 11) is 0. The quantitative estimate of drug-likeness (QED) is 0.248. The Labute approximate surface area is 195 Å². The Hall–Kier alpha value is -2.91. The van der Waals surface area contributed by atoms with Crippen molar-refractivity contribution in [3.8, 4) is 11.1 Å². The predicted molar refractivity (Wildman–Crippen MR) is 129 cm³/mol. The van der Waals surface area contributed by atoms with Crippen LogP contribution in [0.15, 0.2) is 53.5 Å². The molecule has 0 radical (unpaired) electrons. The number of carbonyl (C=O) groups excluding carboxylic acids is 2. The number of aromatic nitrogens is 3. The van der Waals surface area contributed by atoms with Crippen molar-refractivity contribution in [2.45, 2.75) is 38.4 Å². The molecule has 1 amide bonds. The first-order valence-electron chi connectivity index (χ1n) is 10.3. The van der Waals surface area contributed by atoms with Crippen LogP contribution < -0.4 is 5.32 Å². The summed E-state index contributed by atoms with van der Waals surface area (Å²) in [6, 6.07) is 9.56. The van der Waals surface area contributed by atoms with Crippen molar-refractivity contribution in [1.29, 1.82) is 0 Å². The van der Waals surface area contributed by atoms with Crippen molar-refractivity contribution in [2.75, 3.05) is 17.7 Å². The number of anilines is 1. The molecule has 32 heavy (non-hydrogen) atoms. The van der Waals surface area contributed by atoms with Gasteiger partial charge < -0.3 is 14.6 Å². The number of nitrogens with one attached hydrogen (secondary N) is 1. The molecular weight excluding hydrogens is 444 g/mol. The van der Waals surface area contributed by atoms with Crippen molar-refractivity contribution in [3.63, 3.8) is 0 Å². The van der Waals surface area contributed by atoms with E-state index in [0.29, 0.717) is 22.3 Å². The number of benzene rings is 1. The largest absolute Gasteiger partial charge is 0.462 e. The van der Waals surface area contributed by atoms with Crippen molar-refractivity contribution in [2.24, 2.45) is 0 Å². The molecule has 0 atom stereocenters. The second-order valence-corrected chi connectivity index (χ2v) is 8.99. The summed E-state index contributed by atoms with van der Waals surface area (Å²) in [6.45, 7) is 10.5. The summed E-state index contributed by atoms with van der Waals surface area (Å²) in [5, 5.41) is 14.3. The molecule has 3 aromatic rings. The fraction of sp³-hybridized carbons (Fsp3) is 0.304. The highest BCUT2D eigenvalue weighted by atomic mass is 32.2. The Bertz CT molecular complexity index is 1090. The summed E-state index contributed by atoms with van der Waals surface area (Å²) in [5.74, 6) is 0.501. The number of hydrogen-bond acceptors (Lipinski definition) is 7. The Morgan fingerprint density at radius 3 is 2.69 bits per heavy atom. The van der Waals surface area contributed by atoms with Crippen molar-refractivity contribution >= 4 is 40.0 Å². The maximum absolute atomic E-state index is 12.7. The van der Waals surface area contributed by atoms with E-state index in [-0.39, 0.29) is 24.2 Å². The molecule has 168 valence electrons. The molecule has 2 heterocycles. The summed E-state index contributed by atoms with van der Waals surface area (Å²) >= 11 is 2.60. The lowest BCUT2D eigenvalue weighted by Gasteiger charge is -2.10. The van der Waals surface area contributed by atoms with E-state index in [4.69, 9.17) is 4.74 Å². The van der Waals surface area contributed by atoms with Gasteiger partial charge in [0, 0.05) is 23.4 Å². The molecule has 0 saturated carbocycles. The van der Waals surface area contributed by atoms with Gasteiger partial charge in [0.05, 0.1) is 12.4 Å². The van der Waals surface area contributed by atoms with Crippen LogP contribution in [0.5, 0.6) is 0 Å². The molecule has 7 nitrogen and oxygen atoms in total. The average Bonchev–Trinajstić information content (AvgIpc) is 3.37. The number of nitrogens with zero attached hydrogens (tertiary/aromatic N) is 3. The zero-order valence-corrected chi connectivity index (χ0v) is 20.0.